The van der Waals surface area contributed by atoms with Crippen molar-refractivity contribution in [2.75, 3.05) is 6.54 Å². The Morgan fingerprint density at radius 2 is 2.07 bits per heavy atom. The monoisotopic (exact) mass is 259 g/mol. The quantitative estimate of drug-likeness (QED) is 0.829. The molecule has 0 aromatic heterocycles. The van der Waals surface area contributed by atoms with E-state index in [9.17, 15) is 9.18 Å². The van der Waals surface area contributed by atoms with Crippen molar-refractivity contribution >= 4 is 21.7 Å². The van der Waals surface area contributed by atoms with E-state index in [2.05, 4.69) is 15.9 Å². The van der Waals surface area contributed by atoms with Crippen LogP contribution in [0.1, 0.15) is 21.5 Å². The van der Waals surface area contributed by atoms with Gasteiger partial charge in [0.1, 0.15) is 5.82 Å². The van der Waals surface area contributed by atoms with E-state index in [1.54, 1.807) is 13.8 Å². The van der Waals surface area contributed by atoms with Gasteiger partial charge < -0.3 is 5.73 Å². The summed E-state index contributed by atoms with van der Waals surface area (Å²) in [5.41, 5.74) is 6.74. The van der Waals surface area contributed by atoms with Gasteiger partial charge in [-0.3, -0.25) is 4.79 Å². The van der Waals surface area contributed by atoms with Crippen LogP contribution >= 0.6 is 15.9 Å². The predicted molar refractivity (Wildman–Crippen MR) is 57.0 cm³/mol. The molecule has 0 spiro atoms. The molecule has 0 radical (unpaired) electrons. The van der Waals surface area contributed by atoms with Crippen molar-refractivity contribution in [1.29, 1.82) is 0 Å². The van der Waals surface area contributed by atoms with Crippen molar-refractivity contribution < 1.29 is 9.18 Å². The fraction of sp³-hybridized carbons (Fsp3) is 0.300. The second-order valence-corrected chi connectivity index (χ2v) is 3.95. The standard InChI is InChI=1S/C10H11BrFNO/c1-5-7(11)3-8(12)6(2)10(5)9(14)4-13/h3H,4,13H2,1-2H3. The molecular formula is C10H11BrFNO. The molecule has 2 N–H and O–H groups in total. The molecular weight excluding hydrogens is 249 g/mol. The summed E-state index contributed by atoms with van der Waals surface area (Å²) in [5.74, 6) is -0.625. The molecule has 0 amide bonds. The fourth-order valence-electron chi connectivity index (χ4n) is 1.37. The molecule has 0 aliphatic carbocycles. The van der Waals surface area contributed by atoms with Crippen LogP contribution in [0.2, 0.25) is 0 Å². The summed E-state index contributed by atoms with van der Waals surface area (Å²) in [6.07, 6.45) is 0. The van der Waals surface area contributed by atoms with E-state index >= 15 is 0 Å². The molecule has 0 aliphatic rings. The number of ketones is 1. The van der Waals surface area contributed by atoms with Crippen LogP contribution in [0.5, 0.6) is 0 Å². The van der Waals surface area contributed by atoms with Gasteiger partial charge in [-0.2, -0.15) is 0 Å². The summed E-state index contributed by atoms with van der Waals surface area (Å²) in [6, 6.07) is 1.36. The lowest BCUT2D eigenvalue weighted by Gasteiger charge is -2.10. The molecule has 4 heteroatoms. The minimum atomic E-state index is -0.390. The Hall–Kier alpha value is -0.740. The number of hydrogen-bond donors (Lipinski definition) is 1. The molecule has 14 heavy (non-hydrogen) atoms. The highest BCUT2D eigenvalue weighted by Gasteiger charge is 2.16. The van der Waals surface area contributed by atoms with E-state index < -0.39 is 0 Å². The zero-order valence-corrected chi connectivity index (χ0v) is 9.61. The highest BCUT2D eigenvalue weighted by atomic mass is 79.9. The molecule has 0 saturated heterocycles. The van der Waals surface area contributed by atoms with E-state index in [0.29, 0.717) is 15.6 Å². The van der Waals surface area contributed by atoms with Gasteiger partial charge in [0.15, 0.2) is 5.78 Å². The van der Waals surface area contributed by atoms with Crippen LogP contribution in [0, 0.1) is 19.7 Å². The van der Waals surface area contributed by atoms with Gasteiger partial charge in [0.05, 0.1) is 6.54 Å². The smallest absolute Gasteiger partial charge is 0.177 e. The minimum absolute atomic E-state index is 0.0996. The third-order valence-corrected chi connectivity index (χ3v) is 3.01. The van der Waals surface area contributed by atoms with E-state index in [4.69, 9.17) is 5.73 Å². The molecule has 0 saturated carbocycles. The van der Waals surface area contributed by atoms with Gasteiger partial charge in [0, 0.05) is 10.0 Å². The third-order valence-electron chi connectivity index (χ3n) is 2.18. The van der Waals surface area contributed by atoms with Crippen LogP contribution in [0.15, 0.2) is 10.5 Å². The number of hydrogen-bond acceptors (Lipinski definition) is 2. The summed E-state index contributed by atoms with van der Waals surface area (Å²) in [6.45, 7) is 3.24. The van der Waals surface area contributed by atoms with Gasteiger partial charge >= 0.3 is 0 Å². The van der Waals surface area contributed by atoms with E-state index in [1.807, 2.05) is 0 Å². The first-order valence-electron chi connectivity index (χ1n) is 4.17. The Labute approximate surface area is 90.4 Å². The van der Waals surface area contributed by atoms with Gasteiger partial charge in [-0.25, -0.2) is 4.39 Å². The van der Waals surface area contributed by atoms with Gasteiger partial charge in [0.2, 0.25) is 0 Å². The fourth-order valence-corrected chi connectivity index (χ4v) is 1.77. The van der Waals surface area contributed by atoms with Crippen LogP contribution in [0.3, 0.4) is 0 Å². The summed E-state index contributed by atoms with van der Waals surface area (Å²) in [7, 11) is 0. The molecule has 1 aromatic carbocycles. The van der Waals surface area contributed by atoms with E-state index in [0.717, 1.165) is 5.56 Å². The number of carbonyl (C=O) groups excluding carboxylic acids is 1. The number of nitrogens with two attached hydrogens (primary N) is 1. The zero-order chi connectivity index (χ0) is 10.9. The number of carbonyl (C=O) groups is 1. The summed E-state index contributed by atoms with van der Waals surface area (Å²) in [5, 5.41) is 0. The summed E-state index contributed by atoms with van der Waals surface area (Å²) in [4.78, 5) is 11.4. The van der Waals surface area contributed by atoms with Crippen molar-refractivity contribution in [3.8, 4) is 0 Å². The molecule has 2 nitrogen and oxygen atoms in total. The maximum atomic E-state index is 13.3. The van der Waals surface area contributed by atoms with Crippen LogP contribution < -0.4 is 5.73 Å². The Kier molecular flexibility index (Phi) is 3.39. The van der Waals surface area contributed by atoms with Gasteiger partial charge in [0.25, 0.3) is 0 Å². The largest absolute Gasteiger partial charge is 0.324 e. The molecule has 1 aromatic rings. The number of rotatable bonds is 2. The second-order valence-electron chi connectivity index (χ2n) is 3.09. The van der Waals surface area contributed by atoms with Crippen LogP contribution in [-0.2, 0) is 0 Å². The zero-order valence-electron chi connectivity index (χ0n) is 8.03. The van der Waals surface area contributed by atoms with Crippen molar-refractivity contribution in [3.63, 3.8) is 0 Å². The van der Waals surface area contributed by atoms with E-state index in [-0.39, 0.29) is 18.1 Å². The van der Waals surface area contributed by atoms with Crippen molar-refractivity contribution in [2.24, 2.45) is 5.73 Å². The minimum Gasteiger partial charge on any atom is -0.324 e. The van der Waals surface area contributed by atoms with Crippen LogP contribution in [-0.4, -0.2) is 12.3 Å². The predicted octanol–water partition coefficient (Wildman–Crippen LogP) is 2.35. The molecule has 0 bridgehead atoms. The van der Waals surface area contributed by atoms with Gasteiger partial charge in [-0.05, 0) is 31.0 Å². The molecule has 0 heterocycles. The first-order valence-corrected chi connectivity index (χ1v) is 4.96. The maximum absolute atomic E-state index is 13.3. The third kappa shape index (κ3) is 1.86. The number of benzene rings is 1. The molecule has 1 rings (SSSR count). The van der Waals surface area contributed by atoms with Crippen LogP contribution in [0.4, 0.5) is 4.39 Å². The van der Waals surface area contributed by atoms with Crippen molar-refractivity contribution in [2.45, 2.75) is 13.8 Å². The molecule has 0 atom stereocenters. The van der Waals surface area contributed by atoms with Gasteiger partial charge in [-0.1, -0.05) is 15.9 Å². The Morgan fingerprint density at radius 1 is 1.50 bits per heavy atom. The van der Waals surface area contributed by atoms with E-state index in [1.165, 1.54) is 6.07 Å². The number of halogens is 2. The SMILES string of the molecule is Cc1c(F)cc(Br)c(C)c1C(=O)CN. The normalized spacial score (nSPS) is 10.4. The first kappa shape index (κ1) is 11.3. The van der Waals surface area contributed by atoms with Crippen LogP contribution in [0.25, 0.3) is 0 Å². The topological polar surface area (TPSA) is 43.1 Å². The van der Waals surface area contributed by atoms with Crippen molar-refractivity contribution in [3.05, 3.63) is 33.0 Å². The molecule has 0 unspecified atom stereocenters. The number of Topliss-reactive ketones (excluding diaryl/α,β-unsaturated/α-hetero) is 1. The highest BCUT2D eigenvalue weighted by Crippen LogP contribution is 2.25. The molecule has 0 aliphatic heterocycles. The first-order chi connectivity index (χ1) is 6.49. The lowest BCUT2D eigenvalue weighted by molar-refractivity contribution is 0.0999. The second kappa shape index (κ2) is 4.19. The summed E-state index contributed by atoms with van der Waals surface area (Å²) >= 11 is 3.20. The highest BCUT2D eigenvalue weighted by molar-refractivity contribution is 9.10. The van der Waals surface area contributed by atoms with Crippen molar-refractivity contribution in [1.82, 2.24) is 0 Å². The maximum Gasteiger partial charge on any atom is 0.177 e. The Bertz CT molecular complexity index is 364. The Morgan fingerprint density at radius 3 is 2.57 bits per heavy atom. The molecule has 0 fully saturated rings. The molecule has 76 valence electrons. The Balaban J connectivity index is 3.47. The van der Waals surface area contributed by atoms with Gasteiger partial charge in [-0.15, -0.1) is 0 Å². The average molecular weight is 260 g/mol. The lowest BCUT2D eigenvalue weighted by Crippen LogP contribution is -2.17. The summed E-state index contributed by atoms with van der Waals surface area (Å²) < 4.78 is 13.9. The average Bonchev–Trinajstić information content (AvgIpc) is 2.15. The lowest BCUT2D eigenvalue weighted by atomic mass is 9.99.